The van der Waals surface area contributed by atoms with Gasteiger partial charge in [0.25, 0.3) is 5.91 Å². The molecule has 1 amide bonds. The van der Waals surface area contributed by atoms with Gasteiger partial charge in [-0.05, 0) is 53.1 Å². The molecule has 0 unspecified atom stereocenters. The van der Waals surface area contributed by atoms with Crippen molar-refractivity contribution in [2.75, 3.05) is 5.73 Å². The Morgan fingerprint density at radius 2 is 1.79 bits per heavy atom. The average molecular weight is 513 g/mol. The molecule has 190 valence electrons. The summed E-state index contributed by atoms with van der Waals surface area (Å²) in [5, 5.41) is 19.7. The van der Waals surface area contributed by atoms with Crippen LogP contribution in [0.3, 0.4) is 0 Å². The van der Waals surface area contributed by atoms with Crippen molar-refractivity contribution in [2.45, 2.75) is 13.5 Å². The fourth-order valence-corrected chi connectivity index (χ4v) is 3.58. The van der Waals surface area contributed by atoms with E-state index in [1.165, 1.54) is 6.07 Å². The van der Waals surface area contributed by atoms with Gasteiger partial charge in [0, 0.05) is 11.1 Å². The van der Waals surface area contributed by atoms with Crippen LogP contribution in [0, 0.1) is 5.82 Å². The van der Waals surface area contributed by atoms with Crippen molar-refractivity contribution in [3.63, 3.8) is 0 Å². The van der Waals surface area contributed by atoms with E-state index in [-0.39, 0.29) is 29.8 Å². The van der Waals surface area contributed by atoms with E-state index >= 15 is 0 Å². The summed E-state index contributed by atoms with van der Waals surface area (Å²) in [5.41, 5.74) is 11.1. The quantitative estimate of drug-likeness (QED) is 0.236. The SMILES string of the molecule is C/C(=N/NC(=O)c1c(-c2ccccc2)nnn1-c1nonc1N)c1ccc(OCc2ccccc2F)cc1. The summed E-state index contributed by atoms with van der Waals surface area (Å²) < 4.78 is 25.3. The van der Waals surface area contributed by atoms with Gasteiger partial charge in [-0.25, -0.2) is 14.4 Å². The smallest absolute Gasteiger partial charge is 0.292 e. The molecule has 0 spiro atoms. The van der Waals surface area contributed by atoms with Gasteiger partial charge in [0.15, 0.2) is 5.69 Å². The van der Waals surface area contributed by atoms with Crippen molar-refractivity contribution in [3.05, 3.63) is 102 Å². The first-order valence-corrected chi connectivity index (χ1v) is 11.4. The van der Waals surface area contributed by atoms with E-state index in [2.05, 4.69) is 35.8 Å². The van der Waals surface area contributed by atoms with Gasteiger partial charge in [-0.3, -0.25) is 4.79 Å². The molecular formula is C26H21FN8O3. The summed E-state index contributed by atoms with van der Waals surface area (Å²) in [6.07, 6.45) is 0. The van der Waals surface area contributed by atoms with Crippen LogP contribution in [0.4, 0.5) is 10.2 Å². The lowest BCUT2D eigenvalue weighted by molar-refractivity contribution is 0.0947. The van der Waals surface area contributed by atoms with E-state index in [1.54, 1.807) is 61.5 Å². The topological polar surface area (TPSA) is 146 Å². The van der Waals surface area contributed by atoms with Crippen molar-refractivity contribution in [1.82, 2.24) is 30.7 Å². The average Bonchev–Trinajstić information content (AvgIpc) is 3.58. The minimum Gasteiger partial charge on any atom is -0.489 e. The monoisotopic (exact) mass is 512 g/mol. The number of nitrogens with one attached hydrogen (secondary N) is 1. The van der Waals surface area contributed by atoms with Gasteiger partial charge < -0.3 is 10.5 Å². The summed E-state index contributed by atoms with van der Waals surface area (Å²) in [7, 11) is 0. The second kappa shape index (κ2) is 10.7. The maximum absolute atomic E-state index is 13.8. The second-order valence-corrected chi connectivity index (χ2v) is 8.08. The van der Waals surface area contributed by atoms with Gasteiger partial charge >= 0.3 is 0 Å². The summed E-state index contributed by atoms with van der Waals surface area (Å²) in [5.74, 6) is -0.384. The van der Waals surface area contributed by atoms with Crippen LogP contribution in [0.5, 0.6) is 5.75 Å². The number of rotatable bonds is 8. The van der Waals surface area contributed by atoms with Crippen molar-refractivity contribution in [3.8, 4) is 22.8 Å². The molecule has 0 atom stereocenters. The number of halogens is 1. The molecule has 0 aliphatic carbocycles. The van der Waals surface area contributed by atoms with E-state index in [4.69, 9.17) is 10.5 Å². The number of anilines is 1. The van der Waals surface area contributed by atoms with E-state index < -0.39 is 5.91 Å². The Bertz CT molecular complexity index is 1600. The largest absolute Gasteiger partial charge is 0.489 e. The van der Waals surface area contributed by atoms with Gasteiger partial charge in [0.1, 0.15) is 23.9 Å². The molecule has 12 heteroatoms. The minimum absolute atomic E-state index is 0.0245. The Kier molecular flexibility index (Phi) is 6.85. The molecule has 0 saturated heterocycles. The Morgan fingerprint density at radius 3 is 2.50 bits per heavy atom. The van der Waals surface area contributed by atoms with Crippen molar-refractivity contribution in [2.24, 2.45) is 5.10 Å². The number of hydrogen-bond donors (Lipinski definition) is 2. The number of ether oxygens (including phenoxy) is 1. The van der Waals surface area contributed by atoms with Crippen molar-refractivity contribution in [1.29, 1.82) is 0 Å². The molecule has 0 bridgehead atoms. The molecule has 3 N–H and O–H groups in total. The predicted octanol–water partition coefficient (Wildman–Crippen LogP) is 3.77. The van der Waals surface area contributed by atoms with Crippen LogP contribution in [0.25, 0.3) is 17.1 Å². The lowest BCUT2D eigenvalue weighted by atomic mass is 10.1. The van der Waals surface area contributed by atoms with Gasteiger partial charge in [0.2, 0.25) is 11.6 Å². The molecule has 11 nitrogen and oxygen atoms in total. The molecular weight excluding hydrogens is 491 g/mol. The van der Waals surface area contributed by atoms with Crippen molar-refractivity contribution < 1.29 is 18.6 Å². The number of carbonyl (C=O) groups excluding carboxylic acids is 1. The van der Waals surface area contributed by atoms with Crippen LogP contribution in [-0.4, -0.2) is 36.9 Å². The van der Waals surface area contributed by atoms with Gasteiger partial charge in [-0.2, -0.15) is 9.78 Å². The first-order valence-electron chi connectivity index (χ1n) is 11.4. The van der Waals surface area contributed by atoms with Crippen LogP contribution in [-0.2, 0) is 6.61 Å². The normalized spacial score (nSPS) is 11.4. The first-order chi connectivity index (χ1) is 18.5. The number of amides is 1. The predicted molar refractivity (Wildman–Crippen MR) is 136 cm³/mol. The lowest BCUT2D eigenvalue weighted by Crippen LogP contribution is -2.23. The summed E-state index contributed by atoms with van der Waals surface area (Å²) in [4.78, 5) is 13.3. The van der Waals surface area contributed by atoms with Crippen LogP contribution in [0.1, 0.15) is 28.5 Å². The lowest BCUT2D eigenvalue weighted by Gasteiger charge is -2.09. The van der Waals surface area contributed by atoms with E-state index in [0.29, 0.717) is 28.3 Å². The standard InChI is InChI=1S/C26H21FN8O3/c1-16(17-11-13-20(14-12-17)37-15-19-9-5-6-10-21(19)27)29-31-26(36)23-22(18-7-3-2-4-8-18)30-34-35(23)25-24(28)32-38-33-25/h2-14H,15H2,1H3,(H2,28,32)(H,31,36)/b29-16-. The number of hydrogen-bond acceptors (Lipinski definition) is 9. The zero-order valence-electron chi connectivity index (χ0n) is 20.1. The zero-order valence-corrected chi connectivity index (χ0v) is 20.1. The van der Waals surface area contributed by atoms with Crippen LogP contribution in [0.2, 0.25) is 0 Å². The molecule has 5 aromatic rings. The summed E-state index contributed by atoms with van der Waals surface area (Å²) in [6, 6.07) is 22.5. The number of benzene rings is 3. The maximum atomic E-state index is 13.8. The van der Waals surface area contributed by atoms with E-state index in [0.717, 1.165) is 10.2 Å². The van der Waals surface area contributed by atoms with Gasteiger partial charge in [-0.15, -0.1) is 5.10 Å². The highest BCUT2D eigenvalue weighted by Crippen LogP contribution is 2.24. The van der Waals surface area contributed by atoms with Gasteiger partial charge in [-0.1, -0.05) is 53.7 Å². The first kappa shape index (κ1) is 24.3. The maximum Gasteiger partial charge on any atom is 0.292 e. The molecule has 0 aliphatic heterocycles. The number of carbonyl (C=O) groups is 1. The van der Waals surface area contributed by atoms with E-state index in [9.17, 15) is 9.18 Å². The van der Waals surface area contributed by atoms with Gasteiger partial charge in [0.05, 0.1) is 5.71 Å². The molecule has 2 heterocycles. The highest BCUT2D eigenvalue weighted by molar-refractivity contribution is 6.02. The van der Waals surface area contributed by atoms with Crippen LogP contribution in [0.15, 0.2) is 88.6 Å². The molecule has 0 saturated carbocycles. The molecule has 38 heavy (non-hydrogen) atoms. The summed E-state index contributed by atoms with van der Waals surface area (Å²) in [6.45, 7) is 1.84. The van der Waals surface area contributed by atoms with Crippen LogP contribution < -0.4 is 15.9 Å². The number of hydrazone groups is 1. The number of nitrogens with two attached hydrogens (primary N) is 1. The fourth-order valence-electron chi connectivity index (χ4n) is 3.58. The summed E-state index contributed by atoms with van der Waals surface area (Å²) >= 11 is 0. The molecule has 0 radical (unpaired) electrons. The highest BCUT2D eigenvalue weighted by atomic mass is 19.1. The number of nitrogens with zero attached hydrogens (tertiary/aromatic N) is 6. The number of nitrogen functional groups attached to an aromatic ring is 1. The fraction of sp³-hybridized carbons (Fsp3) is 0.0769. The third-order valence-corrected chi connectivity index (χ3v) is 5.58. The molecule has 2 aromatic heterocycles. The Balaban J connectivity index is 1.34. The molecule has 5 rings (SSSR count). The van der Waals surface area contributed by atoms with Crippen molar-refractivity contribution >= 4 is 17.4 Å². The Hall–Kier alpha value is -5.39. The molecule has 3 aromatic carbocycles. The highest BCUT2D eigenvalue weighted by Gasteiger charge is 2.26. The van der Waals surface area contributed by atoms with Crippen LogP contribution >= 0.6 is 0 Å². The Labute approximate surface area is 215 Å². The third kappa shape index (κ3) is 5.09. The Morgan fingerprint density at radius 1 is 1.05 bits per heavy atom. The second-order valence-electron chi connectivity index (χ2n) is 8.08. The number of aromatic nitrogens is 5. The molecule has 0 fully saturated rings. The zero-order chi connectivity index (χ0) is 26.5. The minimum atomic E-state index is -0.597. The third-order valence-electron chi connectivity index (χ3n) is 5.58. The van der Waals surface area contributed by atoms with E-state index in [1.807, 2.05) is 18.2 Å². The molecule has 0 aliphatic rings.